The summed E-state index contributed by atoms with van der Waals surface area (Å²) in [7, 11) is 1.75. The summed E-state index contributed by atoms with van der Waals surface area (Å²) in [6, 6.07) is 3.81. The number of hydrogen-bond donors (Lipinski definition) is 1. The van der Waals surface area contributed by atoms with Crippen molar-refractivity contribution in [3.63, 3.8) is 0 Å². The van der Waals surface area contributed by atoms with Crippen LogP contribution >= 0.6 is 11.8 Å². The van der Waals surface area contributed by atoms with Gasteiger partial charge in [0.05, 0.1) is 0 Å². The van der Waals surface area contributed by atoms with Crippen LogP contribution < -0.4 is 5.32 Å². The Morgan fingerprint density at radius 2 is 2.03 bits per heavy atom. The molecular formula is C25H38N6S. The van der Waals surface area contributed by atoms with Gasteiger partial charge in [0.15, 0.2) is 11.6 Å². The molecule has 0 aromatic carbocycles. The summed E-state index contributed by atoms with van der Waals surface area (Å²) in [5, 5.41) is 9.71. The third-order valence-corrected chi connectivity index (χ3v) is 4.63. The zero-order chi connectivity index (χ0) is 24.0. The number of aromatic nitrogens is 4. The number of aliphatic imine (C=N–C) groups is 1. The van der Waals surface area contributed by atoms with Gasteiger partial charge in [0.1, 0.15) is 5.82 Å². The van der Waals surface area contributed by atoms with Gasteiger partial charge in [-0.25, -0.2) is 14.6 Å². The lowest BCUT2D eigenvalue weighted by Crippen LogP contribution is -2.08. The molecule has 0 fully saturated rings. The van der Waals surface area contributed by atoms with E-state index in [1.807, 2.05) is 30.7 Å². The average molecular weight is 455 g/mol. The van der Waals surface area contributed by atoms with E-state index < -0.39 is 0 Å². The molecular weight excluding hydrogens is 416 g/mol. The number of hydrogen-bond acceptors (Lipinski definition) is 6. The highest BCUT2D eigenvalue weighted by atomic mass is 32.2. The molecule has 0 saturated carbocycles. The quantitative estimate of drug-likeness (QED) is 0.234. The number of terminal acetylenes is 1. The van der Waals surface area contributed by atoms with E-state index in [1.54, 1.807) is 42.8 Å². The summed E-state index contributed by atoms with van der Waals surface area (Å²) in [6.07, 6.45) is 17.9. The minimum Gasteiger partial charge on any atom is -0.370 e. The number of thioether (sulfide) groups is 1. The second-order valence-corrected chi connectivity index (χ2v) is 7.50. The fourth-order valence-corrected chi connectivity index (χ4v) is 2.87. The zero-order valence-electron chi connectivity index (χ0n) is 20.2. The molecule has 0 spiro atoms. The Morgan fingerprint density at radius 3 is 2.59 bits per heavy atom. The molecule has 7 heteroatoms. The van der Waals surface area contributed by atoms with Crippen molar-refractivity contribution in [3.8, 4) is 18.2 Å². The number of nitrogens with one attached hydrogen (secondary N) is 1. The maximum Gasteiger partial charge on any atom is 0.169 e. The number of rotatable bonds is 11. The van der Waals surface area contributed by atoms with Crippen LogP contribution in [0.25, 0.3) is 10.7 Å². The standard InChI is InChI=1S/C19H27N5S.C3H7N.C3H4/c1-4-6-8-9-11-20-17-15-18(24-13-10-12-21-24)23-19(22-17)16(3)25-14-7-5-2;1-3-4-2;1-3-2/h7,10,12-15H,3-6,8-9,11H2,1-2H3,(H,20,22,23);3H,1-2H3;1H,2H3/b14-7-;;. The molecule has 0 bridgehead atoms. The molecule has 2 aromatic rings. The summed E-state index contributed by atoms with van der Waals surface area (Å²) in [5.74, 6) is 4.44. The van der Waals surface area contributed by atoms with Crippen molar-refractivity contribution in [2.45, 2.75) is 59.8 Å². The Hall–Kier alpha value is -2.85. The maximum absolute atomic E-state index is 4.62. The van der Waals surface area contributed by atoms with Crippen LogP contribution in [-0.4, -0.2) is 39.6 Å². The van der Waals surface area contributed by atoms with Crippen molar-refractivity contribution in [1.82, 2.24) is 19.7 Å². The third-order valence-electron chi connectivity index (χ3n) is 3.84. The Kier molecular flexibility index (Phi) is 18.3. The predicted molar refractivity (Wildman–Crippen MR) is 142 cm³/mol. The van der Waals surface area contributed by atoms with Gasteiger partial charge in [-0.2, -0.15) is 5.10 Å². The summed E-state index contributed by atoms with van der Waals surface area (Å²) in [5.41, 5.74) is 0. The molecule has 0 saturated heterocycles. The van der Waals surface area contributed by atoms with Gasteiger partial charge in [-0.1, -0.05) is 57.5 Å². The Bertz CT molecular complexity index is 831. The van der Waals surface area contributed by atoms with Crippen molar-refractivity contribution in [2.75, 3.05) is 18.9 Å². The minimum atomic E-state index is 0.634. The van der Waals surface area contributed by atoms with Crippen molar-refractivity contribution in [1.29, 1.82) is 0 Å². The molecule has 0 aliphatic heterocycles. The molecule has 0 aliphatic carbocycles. The molecule has 0 amide bonds. The third kappa shape index (κ3) is 13.5. The topological polar surface area (TPSA) is 68.0 Å². The van der Waals surface area contributed by atoms with Crippen LogP contribution in [0.3, 0.4) is 0 Å². The second-order valence-electron chi connectivity index (χ2n) is 6.50. The van der Waals surface area contributed by atoms with Crippen molar-refractivity contribution >= 4 is 28.7 Å². The molecule has 2 heterocycles. The van der Waals surface area contributed by atoms with Crippen molar-refractivity contribution in [3.05, 3.63) is 48.4 Å². The Morgan fingerprint density at radius 1 is 1.31 bits per heavy atom. The fourth-order valence-electron chi connectivity index (χ4n) is 2.22. The lowest BCUT2D eigenvalue weighted by molar-refractivity contribution is 0.684. The summed E-state index contributed by atoms with van der Waals surface area (Å²) < 4.78 is 1.74. The Labute approximate surface area is 198 Å². The molecule has 174 valence electrons. The molecule has 0 radical (unpaired) electrons. The van der Waals surface area contributed by atoms with E-state index in [1.165, 1.54) is 19.3 Å². The monoisotopic (exact) mass is 454 g/mol. The van der Waals surface area contributed by atoms with Gasteiger partial charge in [-0.05, 0) is 44.4 Å². The Balaban J connectivity index is 0.00000121. The minimum absolute atomic E-state index is 0.634. The predicted octanol–water partition coefficient (Wildman–Crippen LogP) is 6.63. The molecule has 32 heavy (non-hydrogen) atoms. The van der Waals surface area contributed by atoms with E-state index in [0.29, 0.717) is 5.82 Å². The number of anilines is 1. The zero-order valence-corrected chi connectivity index (χ0v) is 21.0. The lowest BCUT2D eigenvalue weighted by atomic mass is 10.2. The van der Waals surface area contributed by atoms with Gasteiger partial charge >= 0.3 is 0 Å². The highest BCUT2D eigenvalue weighted by molar-refractivity contribution is 8.10. The van der Waals surface area contributed by atoms with Crippen LogP contribution in [0.1, 0.15) is 65.6 Å². The van der Waals surface area contributed by atoms with Crippen LogP contribution in [-0.2, 0) is 0 Å². The van der Waals surface area contributed by atoms with Crippen molar-refractivity contribution < 1.29 is 0 Å². The SMILES string of the molecule is C#CC.C=C(S/C=C\CC)c1nc(NCCCCCC)cc(-n2cccn2)n1.CC=NC. The number of allylic oxidation sites excluding steroid dienone is 1. The maximum atomic E-state index is 4.62. The first kappa shape index (κ1) is 29.1. The first-order valence-electron chi connectivity index (χ1n) is 11.0. The molecule has 0 atom stereocenters. The molecule has 2 aromatic heterocycles. The van der Waals surface area contributed by atoms with Crippen LogP contribution in [0.5, 0.6) is 0 Å². The van der Waals surface area contributed by atoms with Crippen LogP contribution in [0.15, 0.2) is 47.6 Å². The van der Waals surface area contributed by atoms with Gasteiger partial charge in [-0.3, -0.25) is 0 Å². The van der Waals surface area contributed by atoms with E-state index in [-0.39, 0.29) is 0 Å². The van der Waals surface area contributed by atoms with E-state index in [2.05, 4.69) is 64.2 Å². The largest absolute Gasteiger partial charge is 0.370 e. The summed E-state index contributed by atoms with van der Waals surface area (Å²) in [6.45, 7) is 12.9. The lowest BCUT2D eigenvalue weighted by Gasteiger charge is -2.10. The molecule has 2 rings (SSSR count). The molecule has 1 N–H and O–H groups in total. The van der Waals surface area contributed by atoms with Crippen molar-refractivity contribution in [2.24, 2.45) is 4.99 Å². The van der Waals surface area contributed by atoms with Gasteiger partial charge in [0, 0.05) is 37.0 Å². The highest BCUT2D eigenvalue weighted by Crippen LogP contribution is 2.26. The van der Waals surface area contributed by atoms with E-state index >= 15 is 0 Å². The number of unbranched alkanes of at least 4 members (excludes halogenated alkanes) is 3. The first-order chi connectivity index (χ1) is 15.6. The van der Waals surface area contributed by atoms with Crippen LogP contribution in [0.2, 0.25) is 0 Å². The number of nitrogens with zero attached hydrogens (tertiary/aromatic N) is 5. The molecule has 0 unspecified atom stereocenters. The smallest absolute Gasteiger partial charge is 0.169 e. The van der Waals surface area contributed by atoms with Crippen LogP contribution in [0, 0.1) is 12.3 Å². The molecule has 6 nitrogen and oxygen atoms in total. The van der Waals surface area contributed by atoms with Gasteiger partial charge in [0.25, 0.3) is 0 Å². The molecule has 0 aliphatic rings. The summed E-state index contributed by atoms with van der Waals surface area (Å²) >= 11 is 1.55. The fraction of sp³-hybridized carbons (Fsp3) is 0.440. The van der Waals surface area contributed by atoms with E-state index in [0.717, 1.165) is 35.9 Å². The average Bonchev–Trinajstić information content (AvgIpc) is 3.35. The highest BCUT2D eigenvalue weighted by Gasteiger charge is 2.09. The van der Waals surface area contributed by atoms with Gasteiger partial charge in [-0.15, -0.1) is 12.3 Å². The normalized spacial score (nSPS) is 10.1. The van der Waals surface area contributed by atoms with E-state index in [9.17, 15) is 0 Å². The van der Waals surface area contributed by atoms with Crippen LogP contribution in [0.4, 0.5) is 5.82 Å². The van der Waals surface area contributed by atoms with E-state index in [4.69, 9.17) is 0 Å². The van der Waals surface area contributed by atoms with Gasteiger partial charge in [0.2, 0.25) is 0 Å². The van der Waals surface area contributed by atoms with Gasteiger partial charge < -0.3 is 10.3 Å². The summed E-state index contributed by atoms with van der Waals surface area (Å²) in [4.78, 5) is 13.7. The first-order valence-corrected chi connectivity index (χ1v) is 11.8. The second kappa shape index (κ2) is 20.1.